The number of amides is 2. The van der Waals surface area contributed by atoms with Gasteiger partial charge in [0.2, 0.25) is 5.91 Å². The zero-order valence-electron chi connectivity index (χ0n) is 14.7. The number of hydrogen-bond acceptors (Lipinski definition) is 5. The fraction of sp³-hybridized carbons (Fsp3) is 0.200. The van der Waals surface area contributed by atoms with Gasteiger partial charge in [-0.1, -0.05) is 30.0 Å². The van der Waals surface area contributed by atoms with E-state index in [1.54, 1.807) is 0 Å². The third kappa shape index (κ3) is 3.78. The van der Waals surface area contributed by atoms with E-state index in [-0.39, 0.29) is 17.9 Å². The Morgan fingerprint density at radius 1 is 1.19 bits per heavy atom. The highest BCUT2D eigenvalue weighted by Gasteiger charge is 2.22. The van der Waals surface area contributed by atoms with Crippen LogP contribution in [0.15, 0.2) is 58.3 Å². The molecule has 2 heterocycles. The average Bonchev–Trinajstić information content (AvgIpc) is 2.68. The number of nitrogens with one attached hydrogen (secondary N) is 2. The molecule has 2 amide bonds. The van der Waals surface area contributed by atoms with E-state index in [9.17, 15) is 9.59 Å². The SMILES string of the molecule is CC(NC(=O)C=C1Sc2ccccc2NC1=O)c1ccc2c(c1)OCCO2. The van der Waals surface area contributed by atoms with Crippen LogP contribution in [0.4, 0.5) is 5.69 Å². The van der Waals surface area contributed by atoms with Crippen LogP contribution in [0.3, 0.4) is 0 Å². The molecule has 0 saturated carbocycles. The molecule has 7 heteroatoms. The number of anilines is 1. The molecule has 0 saturated heterocycles. The van der Waals surface area contributed by atoms with Crippen LogP contribution in [0, 0.1) is 0 Å². The molecule has 27 heavy (non-hydrogen) atoms. The molecule has 0 fully saturated rings. The average molecular weight is 382 g/mol. The topological polar surface area (TPSA) is 76.7 Å². The lowest BCUT2D eigenvalue weighted by Gasteiger charge is -2.21. The molecule has 2 aliphatic rings. The molecule has 0 aliphatic carbocycles. The van der Waals surface area contributed by atoms with Gasteiger partial charge in [0.05, 0.1) is 16.6 Å². The summed E-state index contributed by atoms with van der Waals surface area (Å²) in [6.07, 6.45) is 1.34. The van der Waals surface area contributed by atoms with Crippen molar-refractivity contribution in [3.63, 3.8) is 0 Å². The summed E-state index contributed by atoms with van der Waals surface area (Å²) in [4.78, 5) is 25.9. The van der Waals surface area contributed by atoms with Gasteiger partial charge in [-0.3, -0.25) is 9.59 Å². The van der Waals surface area contributed by atoms with Gasteiger partial charge in [0.15, 0.2) is 11.5 Å². The molecule has 2 aromatic rings. The Morgan fingerprint density at radius 3 is 2.81 bits per heavy atom. The van der Waals surface area contributed by atoms with Crippen molar-refractivity contribution < 1.29 is 19.1 Å². The predicted molar refractivity (Wildman–Crippen MR) is 103 cm³/mol. The smallest absolute Gasteiger partial charge is 0.262 e. The summed E-state index contributed by atoms with van der Waals surface area (Å²) < 4.78 is 11.1. The minimum atomic E-state index is -0.325. The lowest BCUT2D eigenvalue weighted by molar-refractivity contribution is -0.118. The highest BCUT2D eigenvalue weighted by Crippen LogP contribution is 2.37. The number of fused-ring (bicyclic) bond motifs is 2. The normalized spacial score (nSPS) is 17.7. The van der Waals surface area contributed by atoms with E-state index in [1.807, 2.05) is 49.4 Å². The number of hydrogen-bond donors (Lipinski definition) is 2. The minimum absolute atomic E-state index is 0.242. The number of carbonyl (C=O) groups is 2. The molecule has 2 N–H and O–H groups in total. The van der Waals surface area contributed by atoms with Crippen molar-refractivity contribution in [3.05, 3.63) is 59.0 Å². The van der Waals surface area contributed by atoms with Gasteiger partial charge in [-0.25, -0.2) is 0 Å². The maximum absolute atomic E-state index is 12.4. The molecule has 0 spiro atoms. The summed E-state index contributed by atoms with van der Waals surface area (Å²) in [5.41, 5.74) is 1.66. The van der Waals surface area contributed by atoms with E-state index < -0.39 is 0 Å². The van der Waals surface area contributed by atoms with E-state index >= 15 is 0 Å². The van der Waals surface area contributed by atoms with Gasteiger partial charge < -0.3 is 20.1 Å². The molecule has 138 valence electrons. The van der Waals surface area contributed by atoms with Gasteiger partial charge in [-0.2, -0.15) is 0 Å². The number of rotatable bonds is 3. The Bertz CT molecular complexity index is 941. The van der Waals surface area contributed by atoms with E-state index in [0.717, 1.165) is 16.1 Å². The molecule has 1 atom stereocenters. The summed E-state index contributed by atoms with van der Waals surface area (Å²) in [5, 5.41) is 5.69. The molecule has 0 radical (unpaired) electrons. The predicted octanol–water partition coefficient (Wildman–Crippen LogP) is 3.26. The summed E-state index contributed by atoms with van der Waals surface area (Å²) in [6.45, 7) is 2.93. The molecule has 0 aromatic heterocycles. The Morgan fingerprint density at radius 2 is 1.96 bits per heavy atom. The van der Waals surface area contributed by atoms with Gasteiger partial charge in [0.25, 0.3) is 5.91 Å². The Labute approximate surface area is 160 Å². The van der Waals surface area contributed by atoms with Crippen molar-refractivity contribution in [1.82, 2.24) is 5.32 Å². The summed E-state index contributed by atoms with van der Waals surface area (Å²) in [7, 11) is 0. The first-order chi connectivity index (χ1) is 13.1. The van der Waals surface area contributed by atoms with Crippen molar-refractivity contribution in [1.29, 1.82) is 0 Å². The lowest BCUT2D eigenvalue weighted by Crippen LogP contribution is -2.27. The summed E-state index contributed by atoms with van der Waals surface area (Å²) >= 11 is 1.29. The van der Waals surface area contributed by atoms with Crippen LogP contribution < -0.4 is 20.1 Å². The third-order valence-corrected chi connectivity index (χ3v) is 5.37. The molecular weight excluding hydrogens is 364 g/mol. The maximum atomic E-state index is 12.4. The van der Waals surface area contributed by atoms with Crippen LogP contribution in [0.25, 0.3) is 0 Å². The number of thioether (sulfide) groups is 1. The van der Waals surface area contributed by atoms with Crippen LogP contribution in [-0.2, 0) is 9.59 Å². The van der Waals surface area contributed by atoms with Crippen LogP contribution in [0.2, 0.25) is 0 Å². The van der Waals surface area contributed by atoms with E-state index in [1.165, 1.54) is 17.8 Å². The third-order valence-electron chi connectivity index (χ3n) is 4.27. The van der Waals surface area contributed by atoms with Crippen LogP contribution in [-0.4, -0.2) is 25.0 Å². The fourth-order valence-electron chi connectivity index (χ4n) is 2.89. The lowest BCUT2D eigenvalue weighted by atomic mass is 10.1. The zero-order chi connectivity index (χ0) is 18.8. The van der Waals surface area contributed by atoms with Gasteiger partial charge >= 0.3 is 0 Å². The molecule has 0 bridgehead atoms. The molecule has 1 unspecified atom stereocenters. The molecular formula is C20H18N2O4S. The van der Waals surface area contributed by atoms with Crippen LogP contribution >= 0.6 is 11.8 Å². The second-order valence-electron chi connectivity index (χ2n) is 6.19. The van der Waals surface area contributed by atoms with Gasteiger partial charge in [0, 0.05) is 11.0 Å². The van der Waals surface area contributed by atoms with Crippen LogP contribution in [0.1, 0.15) is 18.5 Å². The van der Waals surface area contributed by atoms with Crippen molar-refractivity contribution in [3.8, 4) is 11.5 Å². The van der Waals surface area contributed by atoms with Crippen molar-refractivity contribution in [2.24, 2.45) is 0 Å². The standard InChI is InChI=1S/C20H18N2O4S/c1-12(13-6-7-15-16(10-13)26-9-8-25-15)21-19(23)11-18-20(24)22-14-4-2-3-5-17(14)27-18/h2-7,10-12H,8-9H2,1H3,(H,21,23)(H,22,24). The molecule has 2 aromatic carbocycles. The monoisotopic (exact) mass is 382 g/mol. The Balaban J connectivity index is 1.46. The zero-order valence-corrected chi connectivity index (χ0v) is 15.5. The van der Waals surface area contributed by atoms with E-state index in [4.69, 9.17) is 9.47 Å². The molecule has 2 aliphatic heterocycles. The van der Waals surface area contributed by atoms with E-state index in [0.29, 0.717) is 29.6 Å². The quantitative estimate of drug-likeness (QED) is 0.797. The number of benzene rings is 2. The molecule has 6 nitrogen and oxygen atoms in total. The Hall–Kier alpha value is -2.93. The largest absolute Gasteiger partial charge is 0.486 e. The molecule has 4 rings (SSSR count). The van der Waals surface area contributed by atoms with E-state index in [2.05, 4.69) is 10.6 Å². The fourth-order valence-corrected chi connectivity index (χ4v) is 3.81. The van der Waals surface area contributed by atoms with Crippen molar-refractivity contribution in [2.75, 3.05) is 18.5 Å². The maximum Gasteiger partial charge on any atom is 0.262 e. The van der Waals surface area contributed by atoms with Gasteiger partial charge in [0.1, 0.15) is 13.2 Å². The second-order valence-corrected chi connectivity index (χ2v) is 7.28. The summed E-state index contributed by atoms with van der Waals surface area (Å²) in [5.74, 6) is 0.784. The van der Waals surface area contributed by atoms with Gasteiger partial charge in [-0.15, -0.1) is 0 Å². The first-order valence-corrected chi connectivity index (χ1v) is 9.42. The second kappa shape index (κ2) is 7.36. The first kappa shape index (κ1) is 17.5. The van der Waals surface area contributed by atoms with Crippen molar-refractivity contribution >= 4 is 29.3 Å². The van der Waals surface area contributed by atoms with Gasteiger partial charge in [-0.05, 0) is 36.8 Å². The first-order valence-electron chi connectivity index (χ1n) is 8.60. The minimum Gasteiger partial charge on any atom is -0.486 e. The number of carbonyl (C=O) groups excluding carboxylic acids is 2. The number of para-hydroxylation sites is 1. The highest BCUT2D eigenvalue weighted by atomic mass is 32.2. The summed E-state index contributed by atoms with van der Waals surface area (Å²) in [6, 6.07) is 12.8. The highest BCUT2D eigenvalue weighted by molar-refractivity contribution is 8.04. The Kier molecular flexibility index (Phi) is 4.77. The number of ether oxygens (including phenoxy) is 2. The van der Waals surface area contributed by atoms with Crippen LogP contribution in [0.5, 0.6) is 11.5 Å². The van der Waals surface area contributed by atoms with Crippen molar-refractivity contribution in [2.45, 2.75) is 17.9 Å².